The van der Waals surface area contributed by atoms with Crippen molar-refractivity contribution in [2.45, 2.75) is 39.8 Å². The summed E-state index contributed by atoms with van der Waals surface area (Å²) in [6.07, 6.45) is -0.243. The topological polar surface area (TPSA) is 73.9 Å². The lowest BCUT2D eigenvalue weighted by atomic mass is 10.4. The molecule has 8 heteroatoms. The van der Waals surface area contributed by atoms with E-state index in [0.29, 0.717) is 0 Å². The maximum atomic E-state index is 12.0. The zero-order valence-corrected chi connectivity index (χ0v) is 12.1. The van der Waals surface area contributed by atoms with Gasteiger partial charge in [-0.3, -0.25) is 13.8 Å². The summed E-state index contributed by atoms with van der Waals surface area (Å²) in [6, 6.07) is -1.10. The van der Waals surface area contributed by atoms with Crippen molar-refractivity contribution >= 4 is 25.3 Å². The second-order valence-electron chi connectivity index (χ2n) is 3.49. The van der Waals surface area contributed by atoms with E-state index in [0.717, 1.165) is 0 Å². The Labute approximate surface area is 107 Å². The summed E-state index contributed by atoms with van der Waals surface area (Å²) in [5, 5.41) is 2.45. The van der Waals surface area contributed by atoms with E-state index in [9.17, 15) is 9.36 Å². The van der Waals surface area contributed by atoms with Crippen LogP contribution >= 0.6 is 19.3 Å². The molecule has 0 aromatic heterocycles. The third kappa shape index (κ3) is 7.01. The average molecular weight is 288 g/mol. The van der Waals surface area contributed by atoms with Gasteiger partial charge in [0.1, 0.15) is 12.1 Å². The summed E-state index contributed by atoms with van der Waals surface area (Å²) in [5.41, 5.74) is 0. The second-order valence-corrected chi connectivity index (χ2v) is 5.48. The maximum absolute atomic E-state index is 12.0. The Morgan fingerprint density at radius 2 is 1.94 bits per heavy atom. The highest BCUT2D eigenvalue weighted by Gasteiger charge is 2.30. The zero-order valence-electron chi connectivity index (χ0n) is 10.4. The van der Waals surface area contributed by atoms with Crippen molar-refractivity contribution in [3.8, 4) is 0 Å². The van der Waals surface area contributed by atoms with Gasteiger partial charge in [-0.05, 0) is 27.7 Å². The standard InChI is InChI=1S/C9H19ClNO5P/c1-5-14-17(13,15-6-10)11-8(4)9(12)16-7(2)3/h7-8H,5-6H2,1-4H3,(H,11,13)/t8-,17?/m0/s1. The van der Waals surface area contributed by atoms with Gasteiger partial charge in [-0.15, -0.1) is 0 Å². The van der Waals surface area contributed by atoms with Crippen LogP contribution in [0.25, 0.3) is 0 Å². The number of carbonyl (C=O) groups is 1. The maximum Gasteiger partial charge on any atom is 0.407 e. The van der Waals surface area contributed by atoms with E-state index in [2.05, 4.69) is 5.09 Å². The number of hydrogen-bond donors (Lipinski definition) is 1. The van der Waals surface area contributed by atoms with E-state index in [-0.39, 0.29) is 18.8 Å². The van der Waals surface area contributed by atoms with Gasteiger partial charge in [0.15, 0.2) is 0 Å². The quantitative estimate of drug-likeness (QED) is 0.419. The molecule has 0 heterocycles. The lowest BCUT2D eigenvalue weighted by Gasteiger charge is -2.21. The molecule has 6 nitrogen and oxygen atoms in total. The van der Waals surface area contributed by atoms with Crippen LogP contribution in [-0.2, 0) is 23.1 Å². The van der Waals surface area contributed by atoms with Crippen molar-refractivity contribution < 1.29 is 23.1 Å². The molecule has 17 heavy (non-hydrogen) atoms. The zero-order chi connectivity index (χ0) is 13.5. The Kier molecular flexibility index (Phi) is 8.00. The van der Waals surface area contributed by atoms with Crippen LogP contribution in [0.2, 0.25) is 0 Å². The summed E-state index contributed by atoms with van der Waals surface area (Å²) in [5.74, 6) is -0.530. The van der Waals surface area contributed by atoms with Gasteiger partial charge >= 0.3 is 13.7 Å². The first-order chi connectivity index (χ1) is 7.84. The minimum absolute atomic E-state index is 0.174. The SMILES string of the molecule is CCOP(=O)(N[C@@H](C)C(=O)OC(C)C)OCCl. The molecule has 2 atom stereocenters. The molecule has 0 rings (SSSR count). The molecule has 0 aliphatic rings. The van der Waals surface area contributed by atoms with Crippen LogP contribution in [0.3, 0.4) is 0 Å². The summed E-state index contributed by atoms with van der Waals surface area (Å²) in [7, 11) is -3.56. The van der Waals surface area contributed by atoms with Crippen LogP contribution in [0.1, 0.15) is 27.7 Å². The van der Waals surface area contributed by atoms with Gasteiger partial charge in [-0.1, -0.05) is 11.6 Å². The summed E-state index contributed by atoms with van der Waals surface area (Å²) in [4.78, 5) is 11.5. The number of carbonyl (C=O) groups excluding carboxylic acids is 1. The van der Waals surface area contributed by atoms with E-state index in [4.69, 9.17) is 25.4 Å². The van der Waals surface area contributed by atoms with Gasteiger partial charge in [0, 0.05) is 0 Å². The van der Waals surface area contributed by atoms with Gasteiger partial charge in [0.25, 0.3) is 0 Å². The van der Waals surface area contributed by atoms with E-state index in [1.807, 2.05) is 0 Å². The molecule has 102 valence electrons. The lowest BCUT2D eigenvalue weighted by molar-refractivity contribution is -0.149. The van der Waals surface area contributed by atoms with E-state index in [1.54, 1.807) is 20.8 Å². The fourth-order valence-corrected chi connectivity index (χ4v) is 2.63. The van der Waals surface area contributed by atoms with E-state index < -0.39 is 19.8 Å². The minimum atomic E-state index is -3.56. The first-order valence-corrected chi connectivity index (χ1v) is 7.35. The van der Waals surface area contributed by atoms with E-state index >= 15 is 0 Å². The summed E-state index contributed by atoms with van der Waals surface area (Å²) < 4.78 is 26.6. The van der Waals surface area contributed by atoms with Gasteiger partial charge in [-0.25, -0.2) is 9.65 Å². The van der Waals surface area contributed by atoms with Crippen molar-refractivity contribution in [1.82, 2.24) is 5.09 Å². The Bertz CT molecular complexity index is 277. The van der Waals surface area contributed by atoms with Crippen LogP contribution in [0.5, 0.6) is 0 Å². The Hall–Kier alpha value is -0.130. The molecule has 1 N–H and O–H groups in total. The monoisotopic (exact) mass is 287 g/mol. The van der Waals surface area contributed by atoms with Crippen LogP contribution in [0.4, 0.5) is 0 Å². The number of ether oxygens (including phenoxy) is 1. The molecule has 0 saturated heterocycles. The molecule has 0 fully saturated rings. The predicted octanol–water partition coefficient (Wildman–Crippen LogP) is 2.27. The normalized spacial score (nSPS) is 16.6. The van der Waals surface area contributed by atoms with Crippen molar-refractivity contribution in [3.63, 3.8) is 0 Å². The molecule has 0 amide bonds. The van der Waals surface area contributed by atoms with Gasteiger partial charge in [-0.2, -0.15) is 0 Å². The number of hydrogen-bond acceptors (Lipinski definition) is 5. The molecule has 0 aliphatic carbocycles. The first-order valence-electron chi connectivity index (χ1n) is 5.28. The molecule has 0 aromatic carbocycles. The molecule has 0 aromatic rings. The average Bonchev–Trinajstić information content (AvgIpc) is 2.16. The highest BCUT2D eigenvalue weighted by molar-refractivity contribution is 7.51. The minimum Gasteiger partial charge on any atom is -0.462 e. The molecule has 0 bridgehead atoms. The molecule has 1 unspecified atom stereocenters. The fraction of sp³-hybridized carbons (Fsp3) is 0.889. The molecule has 0 spiro atoms. The molecule has 0 aliphatic heterocycles. The van der Waals surface area contributed by atoms with E-state index in [1.165, 1.54) is 6.92 Å². The summed E-state index contributed by atoms with van der Waals surface area (Å²) in [6.45, 7) is 6.79. The largest absolute Gasteiger partial charge is 0.462 e. The van der Waals surface area contributed by atoms with Crippen LogP contribution < -0.4 is 5.09 Å². The number of rotatable bonds is 8. The third-order valence-electron chi connectivity index (χ3n) is 1.57. The van der Waals surface area contributed by atoms with Gasteiger partial charge < -0.3 is 4.74 Å². The highest BCUT2D eigenvalue weighted by atomic mass is 35.5. The molecule has 0 radical (unpaired) electrons. The highest BCUT2D eigenvalue weighted by Crippen LogP contribution is 2.44. The number of nitrogens with one attached hydrogen (secondary N) is 1. The van der Waals surface area contributed by atoms with Crippen LogP contribution in [0.15, 0.2) is 0 Å². The molecular formula is C9H19ClNO5P. The van der Waals surface area contributed by atoms with Crippen molar-refractivity contribution in [2.24, 2.45) is 0 Å². The lowest BCUT2D eigenvalue weighted by Crippen LogP contribution is -2.35. The first kappa shape index (κ1) is 16.9. The number of halogens is 1. The predicted molar refractivity (Wildman–Crippen MR) is 64.9 cm³/mol. The van der Waals surface area contributed by atoms with Crippen LogP contribution in [0, 0.1) is 0 Å². The Morgan fingerprint density at radius 1 is 1.35 bits per heavy atom. The fourth-order valence-electron chi connectivity index (χ4n) is 0.970. The third-order valence-corrected chi connectivity index (χ3v) is 3.61. The van der Waals surface area contributed by atoms with Crippen molar-refractivity contribution in [3.05, 3.63) is 0 Å². The molecular weight excluding hydrogens is 269 g/mol. The molecule has 0 saturated carbocycles. The summed E-state index contributed by atoms with van der Waals surface area (Å²) >= 11 is 5.34. The smallest absolute Gasteiger partial charge is 0.407 e. The van der Waals surface area contributed by atoms with Gasteiger partial charge in [0.05, 0.1) is 12.7 Å². The second kappa shape index (κ2) is 8.06. The van der Waals surface area contributed by atoms with Crippen molar-refractivity contribution in [1.29, 1.82) is 0 Å². The van der Waals surface area contributed by atoms with Gasteiger partial charge in [0.2, 0.25) is 0 Å². The van der Waals surface area contributed by atoms with Crippen LogP contribution in [-0.4, -0.2) is 30.8 Å². The Morgan fingerprint density at radius 3 is 2.35 bits per heavy atom. The Balaban J connectivity index is 4.44. The number of esters is 1. The number of alkyl halides is 1. The van der Waals surface area contributed by atoms with Crippen molar-refractivity contribution in [2.75, 3.05) is 12.7 Å².